The number of hydroxylamine groups is 2. The summed E-state index contributed by atoms with van der Waals surface area (Å²) >= 11 is 0. The predicted molar refractivity (Wildman–Crippen MR) is 99.3 cm³/mol. The summed E-state index contributed by atoms with van der Waals surface area (Å²) in [5.41, 5.74) is -0.783. The van der Waals surface area contributed by atoms with Gasteiger partial charge in [0.25, 0.3) is 17.4 Å². The molecule has 3 aromatic rings. The number of aromatic nitrogens is 3. The highest BCUT2D eigenvalue weighted by Gasteiger charge is 2.39. The number of carbonyl (C=O) groups is 3. The van der Waals surface area contributed by atoms with Crippen LogP contribution in [0.1, 0.15) is 36.8 Å². The predicted octanol–water partition coefficient (Wildman–Crippen LogP) is 0.309. The second-order valence-electron chi connectivity index (χ2n) is 6.56. The maximum absolute atomic E-state index is 12.6. The molecule has 0 spiro atoms. The maximum atomic E-state index is 12.6. The first-order chi connectivity index (χ1) is 13.7. The molecule has 29 heavy (non-hydrogen) atoms. The molecule has 0 unspecified atom stereocenters. The Kier molecular flexibility index (Phi) is 3.93. The van der Waals surface area contributed by atoms with Gasteiger partial charge in [-0.05, 0) is 30.7 Å². The molecule has 146 valence electrons. The Labute approximate surface area is 162 Å². The van der Waals surface area contributed by atoms with E-state index in [-0.39, 0.29) is 27.9 Å². The summed E-state index contributed by atoms with van der Waals surface area (Å²) < 4.78 is 2.07. The first kappa shape index (κ1) is 18.3. The lowest BCUT2D eigenvalue weighted by Crippen LogP contribution is -2.38. The third kappa shape index (κ3) is 2.57. The number of amides is 2. The highest BCUT2D eigenvalue weighted by Crippen LogP contribution is 2.23. The minimum Gasteiger partial charge on any atom is -0.323 e. The molecule has 0 saturated carbocycles. The van der Waals surface area contributed by atoms with Crippen LogP contribution in [0.25, 0.3) is 11.0 Å². The van der Waals surface area contributed by atoms with Crippen LogP contribution in [0.15, 0.2) is 39.9 Å². The number of rotatable bonds is 2. The van der Waals surface area contributed by atoms with Gasteiger partial charge in [-0.3, -0.25) is 23.5 Å². The molecule has 0 atom stereocenters. The topological polar surface area (TPSA) is 121 Å². The molecule has 1 aliphatic heterocycles. The van der Waals surface area contributed by atoms with Crippen LogP contribution in [0.3, 0.4) is 0 Å². The van der Waals surface area contributed by atoms with Crippen molar-refractivity contribution in [2.45, 2.75) is 6.92 Å². The van der Waals surface area contributed by atoms with Crippen molar-refractivity contribution in [3.8, 4) is 0 Å². The largest absolute Gasteiger partial charge is 0.382 e. The van der Waals surface area contributed by atoms with Crippen LogP contribution in [0.4, 0.5) is 0 Å². The Balaban J connectivity index is 1.76. The van der Waals surface area contributed by atoms with E-state index in [4.69, 9.17) is 4.84 Å². The quantitative estimate of drug-likeness (QED) is 0.574. The van der Waals surface area contributed by atoms with E-state index in [1.807, 2.05) is 0 Å². The van der Waals surface area contributed by atoms with Gasteiger partial charge in [0.15, 0.2) is 11.3 Å². The van der Waals surface area contributed by atoms with Crippen LogP contribution in [0.2, 0.25) is 0 Å². The van der Waals surface area contributed by atoms with E-state index >= 15 is 0 Å². The second kappa shape index (κ2) is 6.23. The number of fused-ring (bicyclic) bond motifs is 2. The number of pyridine rings is 1. The van der Waals surface area contributed by atoms with Crippen LogP contribution in [-0.4, -0.2) is 37.0 Å². The molecule has 1 aliphatic rings. The third-order valence-corrected chi connectivity index (χ3v) is 4.75. The van der Waals surface area contributed by atoms with Crippen molar-refractivity contribution < 1.29 is 19.2 Å². The molecule has 0 radical (unpaired) electrons. The van der Waals surface area contributed by atoms with Crippen molar-refractivity contribution in [3.05, 3.63) is 73.6 Å². The van der Waals surface area contributed by atoms with Gasteiger partial charge in [0, 0.05) is 14.1 Å². The van der Waals surface area contributed by atoms with E-state index < -0.39 is 29.0 Å². The lowest BCUT2D eigenvalue weighted by molar-refractivity contribution is -0.0588. The molecule has 2 aromatic heterocycles. The fourth-order valence-electron chi connectivity index (χ4n) is 3.22. The van der Waals surface area contributed by atoms with Gasteiger partial charge in [-0.15, -0.1) is 0 Å². The van der Waals surface area contributed by atoms with E-state index in [1.165, 1.54) is 32.3 Å². The van der Waals surface area contributed by atoms with Crippen LogP contribution >= 0.6 is 0 Å². The minimum atomic E-state index is -1.07. The van der Waals surface area contributed by atoms with Gasteiger partial charge in [0.2, 0.25) is 0 Å². The number of imide groups is 1. The molecule has 10 nitrogen and oxygen atoms in total. The molecule has 0 fully saturated rings. The summed E-state index contributed by atoms with van der Waals surface area (Å²) in [7, 11) is 2.75. The standard InChI is InChI=1S/C19H14N4O6/c1-9-8-12(20-14-13(9)17(26)22(3)19(28)21(14)2)18(27)29-23-15(24)10-6-4-5-7-11(10)16(23)25/h4-8H,1-3H3. The lowest BCUT2D eigenvalue weighted by atomic mass is 10.1. The van der Waals surface area contributed by atoms with Crippen molar-refractivity contribution in [2.75, 3.05) is 0 Å². The Morgan fingerprint density at radius 3 is 2.14 bits per heavy atom. The van der Waals surface area contributed by atoms with E-state index in [0.29, 0.717) is 10.6 Å². The van der Waals surface area contributed by atoms with Crippen molar-refractivity contribution in [1.82, 2.24) is 19.2 Å². The van der Waals surface area contributed by atoms with Crippen LogP contribution in [-0.2, 0) is 18.9 Å². The SMILES string of the molecule is Cc1cc(C(=O)ON2C(=O)c3ccccc3C2=O)nc2c1c(=O)n(C)c(=O)n2C. The number of nitrogens with zero attached hydrogens (tertiary/aromatic N) is 4. The van der Waals surface area contributed by atoms with Crippen LogP contribution in [0.5, 0.6) is 0 Å². The Morgan fingerprint density at radius 2 is 1.55 bits per heavy atom. The lowest BCUT2D eigenvalue weighted by Gasteiger charge is -2.14. The van der Waals surface area contributed by atoms with E-state index in [1.54, 1.807) is 19.1 Å². The van der Waals surface area contributed by atoms with Gasteiger partial charge in [-0.2, -0.15) is 0 Å². The normalized spacial score (nSPS) is 13.1. The number of benzene rings is 1. The molecule has 0 bridgehead atoms. The molecular formula is C19H14N4O6. The summed E-state index contributed by atoms with van der Waals surface area (Å²) in [6, 6.07) is 7.38. The van der Waals surface area contributed by atoms with E-state index in [9.17, 15) is 24.0 Å². The fourth-order valence-corrected chi connectivity index (χ4v) is 3.22. The Bertz CT molecular complexity index is 1330. The van der Waals surface area contributed by atoms with Crippen molar-refractivity contribution in [1.29, 1.82) is 0 Å². The first-order valence-electron chi connectivity index (χ1n) is 8.50. The van der Waals surface area contributed by atoms with Gasteiger partial charge in [0.1, 0.15) is 0 Å². The zero-order valence-electron chi connectivity index (χ0n) is 15.6. The van der Waals surface area contributed by atoms with Gasteiger partial charge >= 0.3 is 11.7 Å². The molecule has 3 heterocycles. The second-order valence-corrected chi connectivity index (χ2v) is 6.56. The highest BCUT2D eigenvalue weighted by molar-refractivity contribution is 6.21. The van der Waals surface area contributed by atoms with Crippen molar-refractivity contribution in [3.63, 3.8) is 0 Å². The Morgan fingerprint density at radius 1 is 0.966 bits per heavy atom. The fraction of sp³-hybridized carbons (Fsp3) is 0.158. The van der Waals surface area contributed by atoms with Crippen LogP contribution < -0.4 is 11.2 Å². The summed E-state index contributed by atoms with van der Waals surface area (Å²) in [5.74, 6) is -2.60. The molecular weight excluding hydrogens is 380 g/mol. The average molecular weight is 394 g/mol. The molecule has 4 rings (SSSR count). The van der Waals surface area contributed by atoms with Crippen molar-refractivity contribution >= 4 is 28.8 Å². The Hall–Kier alpha value is -4.08. The summed E-state index contributed by atoms with van der Waals surface area (Å²) in [5, 5.41) is 0.545. The van der Waals surface area contributed by atoms with Crippen LogP contribution in [0, 0.1) is 6.92 Å². The smallest absolute Gasteiger partial charge is 0.323 e. The molecule has 1 aromatic carbocycles. The van der Waals surface area contributed by atoms with E-state index in [0.717, 1.165) is 9.13 Å². The molecule has 0 aliphatic carbocycles. The minimum absolute atomic E-state index is 0.00703. The van der Waals surface area contributed by atoms with Gasteiger partial charge in [-0.1, -0.05) is 17.2 Å². The van der Waals surface area contributed by atoms with Gasteiger partial charge in [-0.25, -0.2) is 14.6 Å². The number of carbonyl (C=O) groups excluding carboxylic acids is 3. The summed E-state index contributed by atoms with van der Waals surface area (Å²) in [4.78, 5) is 70.9. The molecule has 10 heteroatoms. The first-order valence-corrected chi connectivity index (χ1v) is 8.50. The number of aryl methyl sites for hydroxylation is 2. The zero-order chi connectivity index (χ0) is 21.0. The van der Waals surface area contributed by atoms with Crippen molar-refractivity contribution in [2.24, 2.45) is 14.1 Å². The number of hydrogen-bond donors (Lipinski definition) is 0. The zero-order valence-corrected chi connectivity index (χ0v) is 15.6. The number of hydrogen-bond acceptors (Lipinski definition) is 7. The van der Waals surface area contributed by atoms with E-state index in [2.05, 4.69) is 4.98 Å². The average Bonchev–Trinajstić information content (AvgIpc) is 2.95. The molecule has 0 saturated heterocycles. The summed E-state index contributed by atoms with van der Waals surface area (Å²) in [6.45, 7) is 1.58. The monoisotopic (exact) mass is 394 g/mol. The molecule has 2 amide bonds. The molecule has 0 N–H and O–H groups in total. The maximum Gasteiger partial charge on any atom is 0.382 e. The third-order valence-electron chi connectivity index (χ3n) is 4.75. The highest BCUT2D eigenvalue weighted by atomic mass is 16.7. The van der Waals surface area contributed by atoms with Gasteiger partial charge < -0.3 is 4.84 Å². The summed E-state index contributed by atoms with van der Waals surface area (Å²) in [6.07, 6.45) is 0. The van der Waals surface area contributed by atoms with Gasteiger partial charge in [0.05, 0.1) is 16.5 Å².